The van der Waals surface area contributed by atoms with Crippen molar-refractivity contribution in [1.82, 2.24) is 9.97 Å². The smallest absolute Gasteiger partial charge is 0.255 e. The van der Waals surface area contributed by atoms with Crippen LogP contribution in [-0.2, 0) is 0 Å². The molecule has 1 heterocycles. The van der Waals surface area contributed by atoms with Crippen molar-refractivity contribution in [1.29, 1.82) is 0 Å². The van der Waals surface area contributed by atoms with Crippen LogP contribution in [0.15, 0.2) is 36.4 Å². The molecule has 4 nitrogen and oxygen atoms in total. The summed E-state index contributed by atoms with van der Waals surface area (Å²) in [4.78, 5) is 22.3. The van der Waals surface area contributed by atoms with Crippen molar-refractivity contribution >= 4 is 45.8 Å². The monoisotopic (exact) mass is 383 g/mol. The second-order valence-corrected chi connectivity index (χ2v) is 7.75. The zero-order valence-electron chi connectivity index (χ0n) is 13.8. The third-order valence-electron chi connectivity index (χ3n) is 5.39. The van der Waals surface area contributed by atoms with E-state index in [0.717, 1.165) is 22.4 Å². The summed E-state index contributed by atoms with van der Waals surface area (Å²) in [6.45, 7) is 0. The summed E-state index contributed by atoms with van der Waals surface area (Å²) in [5.74, 6) is 0.856. The minimum absolute atomic E-state index is 0.250. The molecule has 0 saturated heterocycles. The molecule has 0 spiro atoms. The number of carbonyl (C=O) groups is 1. The van der Waals surface area contributed by atoms with Crippen LogP contribution < -0.4 is 5.32 Å². The Balaban J connectivity index is 1.49. The summed E-state index contributed by atoms with van der Waals surface area (Å²) in [5, 5.41) is 3.54. The van der Waals surface area contributed by atoms with E-state index in [1.54, 1.807) is 30.3 Å². The Labute approximate surface area is 160 Å². The highest BCUT2D eigenvalue weighted by Gasteiger charge is 2.39. The molecule has 2 unspecified atom stereocenters. The molecule has 1 saturated carbocycles. The standard InChI is InChI=1S/C20H15Cl2N3O/c21-13-2-1-3-15(17(13)22)25-20(26)12-6-7-14-16(9-12)24-19-11-5-4-10(8-11)18(19)23-14/h1-3,6-7,9-11H,4-5,8H2,(H,25,26). The fraction of sp³-hybridized carbons (Fsp3) is 0.250. The summed E-state index contributed by atoms with van der Waals surface area (Å²) in [7, 11) is 0. The van der Waals surface area contributed by atoms with Gasteiger partial charge >= 0.3 is 0 Å². The van der Waals surface area contributed by atoms with Crippen molar-refractivity contribution in [3.8, 4) is 0 Å². The lowest BCUT2D eigenvalue weighted by molar-refractivity contribution is 0.102. The average Bonchev–Trinajstić information content (AvgIpc) is 3.25. The lowest BCUT2D eigenvalue weighted by atomic mass is 10.00. The molecule has 6 heteroatoms. The van der Waals surface area contributed by atoms with E-state index >= 15 is 0 Å². The Morgan fingerprint density at radius 2 is 1.73 bits per heavy atom. The highest BCUT2D eigenvalue weighted by molar-refractivity contribution is 6.44. The maximum absolute atomic E-state index is 12.6. The van der Waals surface area contributed by atoms with Crippen molar-refractivity contribution in [3.05, 3.63) is 63.4 Å². The largest absolute Gasteiger partial charge is 0.321 e. The molecule has 2 aromatic carbocycles. The number of benzene rings is 2. The van der Waals surface area contributed by atoms with Gasteiger partial charge in [-0.1, -0.05) is 29.3 Å². The molecule has 2 bridgehead atoms. The number of hydrogen-bond donors (Lipinski definition) is 1. The van der Waals surface area contributed by atoms with Crippen molar-refractivity contribution in [3.63, 3.8) is 0 Å². The van der Waals surface area contributed by atoms with Crippen molar-refractivity contribution in [2.24, 2.45) is 0 Å². The van der Waals surface area contributed by atoms with E-state index in [9.17, 15) is 4.79 Å². The van der Waals surface area contributed by atoms with Crippen molar-refractivity contribution < 1.29 is 4.79 Å². The first kappa shape index (κ1) is 16.0. The van der Waals surface area contributed by atoms with Gasteiger partial charge < -0.3 is 5.32 Å². The van der Waals surface area contributed by atoms with Crippen LogP contribution >= 0.6 is 23.2 Å². The molecule has 1 aromatic heterocycles. The molecule has 3 aromatic rings. The van der Waals surface area contributed by atoms with Gasteiger partial charge in [0.2, 0.25) is 0 Å². The van der Waals surface area contributed by atoms with E-state index in [1.165, 1.54) is 19.3 Å². The molecule has 2 aliphatic carbocycles. The Bertz CT molecular complexity index is 1070. The number of amides is 1. The highest BCUT2D eigenvalue weighted by Crippen LogP contribution is 2.51. The number of carbonyl (C=O) groups excluding carboxylic acids is 1. The minimum Gasteiger partial charge on any atom is -0.321 e. The second kappa shape index (κ2) is 5.93. The Morgan fingerprint density at radius 3 is 2.50 bits per heavy atom. The van der Waals surface area contributed by atoms with Crippen LogP contribution in [0.5, 0.6) is 0 Å². The minimum atomic E-state index is -0.250. The van der Waals surface area contributed by atoms with Gasteiger partial charge in [0, 0.05) is 17.4 Å². The van der Waals surface area contributed by atoms with Gasteiger partial charge in [-0.05, 0) is 49.6 Å². The van der Waals surface area contributed by atoms with Crippen LogP contribution in [0.4, 0.5) is 5.69 Å². The number of nitrogens with zero attached hydrogens (tertiary/aromatic N) is 2. The molecule has 2 aliphatic rings. The third-order valence-corrected chi connectivity index (χ3v) is 6.21. The Hall–Kier alpha value is -2.17. The molecule has 1 N–H and O–H groups in total. The number of hydrogen-bond acceptors (Lipinski definition) is 3. The molecule has 1 amide bonds. The summed E-state index contributed by atoms with van der Waals surface area (Å²) in [5.41, 5.74) is 4.91. The number of nitrogens with one attached hydrogen (secondary N) is 1. The van der Waals surface area contributed by atoms with Gasteiger partial charge in [0.1, 0.15) is 0 Å². The maximum Gasteiger partial charge on any atom is 0.255 e. The van der Waals surface area contributed by atoms with Crippen LogP contribution in [0.25, 0.3) is 11.0 Å². The molecule has 5 rings (SSSR count). The topological polar surface area (TPSA) is 54.9 Å². The van der Waals surface area contributed by atoms with Gasteiger partial charge in [0.25, 0.3) is 5.91 Å². The van der Waals surface area contributed by atoms with E-state index in [1.807, 2.05) is 6.07 Å². The van der Waals surface area contributed by atoms with Crippen LogP contribution in [0.2, 0.25) is 10.0 Å². The molecule has 2 atom stereocenters. The second-order valence-electron chi connectivity index (χ2n) is 6.96. The van der Waals surface area contributed by atoms with Crippen molar-refractivity contribution in [2.75, 3.05) is 5.32 Å². The quantitative estimate of drug-likeness (QED) is 0.630. The summed E-state index contributed by atoms with van der Waals surface area (Å²) < 4.78 is 0. The summed E-state index contributed by atoms with van der Waals surface area (Å²) in [6.07, 6.45) is 3.59. The zero-order valence-corrected chi connectivity index (χ0v) is 15.3. The summed E-state index contributed by atoms with van der Waals surface area (Å²) in [6, 6.07) is 10.6. The number of fused-ring (bicyclic) bond motifs is 6. The fourth-order valence-electron chi connectivity index (χ4n) is 4.10. The van der Waals surface area contributed by atoms with E-state index in [4.69, 9.17) is 33.2 Å². The average molecular weight is 384 g/mol. The third kappa shape index (κ3) is 2.48. The first-order chi connectivity index (χ1) is 12.6. The Kier molecular flexibility index (Phi) is 3.66. The summed E-state index contributed by atoms with van der Waals surface area (Å²) >= 11 is 12.2. The molecule has 0 radical (unpaired) electrons. The Morgan fingerprint density at radius 1 is 1.00 bits per heavy atom. The fourth-order valence-corrected chi connectivity index (χ4v) is 4.44. The number of halogens is 2. The molecule has 1 fully saturated rings. The first-order valence-corrected chi connectivity index (χ1v) is 9.42. The van der Waals surface area contributed by atoms with E-state index in [2.05, 4.69) is 5.32 Å². The van der Waals surface area contributed by atoms with E-state index in [0.29, 0.717) is 33.1 Å². The van der Waals surface area contributed by atoms with Gasteiger partial charge in [0.05, 0.1) is 38.2 Å². The SMILES string of the molecule is O=C(Nc1cccc(Cl)c1Cl)c1ccc2nc3c(nc2c1)C1CCC3C1. The van der Waals surface area contributed by atoms with Crippen LogP contribution in [-0.4, -0.2) is 15.9 Å². The first-order valence-electron chi connectivity index (χ1n) is 8.67. The van der Waals surface area contributed by atoms with Gasteiger partial charge in [-0.15, -0.1) is 0 Å². The number of aromatic nitrogens is 2. The molecular formula is C20H15Cl2N3O. The predicted molar refractivity (Wildman–Crippen MR) is 103 cm³/mol. The lowest BCUT2D eigenvalue weighted by Gasteiger charge is -2.14. The van der Waals surface area contributed by atoms with Gasteiger partial charge in [-0.2, -0.15) is 0 Å². The van der Waals surface area contributed by atoms with Crippen LogP contribution in [0.1, 0.15) is 52.8 Å². The molecule has 130 valence electrons. The molecule has 26 heavy (non-hydrogen) atoms. The lowest BCUT2D eigenvalue weighted by Crippen LogP contribution is -2.12. The van der Waals surface area contributed by atoms with E-state index < -0.39 is 0 Å². The normalized spacial score (nSPS) is 20.4. The highest BCUT2D eigenvalue weighted by atomic mass is 35.5. The van der Waals surface area contributed by atoms with Crippen LogP contribution in [0.3, 0.4) is 0 Å². The zero-order chi connectivity index (χ0) is 17.8. The van der Waals surface area contributed by atoms with Crippen LogP contribution in [0, 0.1) is 0 Å². The predicted octanol–water partition coefficient (Wildman–Crippen LogP) is 5.55. The van der Waals surface area contributed by atoms with Gasteiger partial charge in [0.15, 0.2) is 0 Å². The van der Waals surface area contributed by atoms with Gasteiger partial charge in [-0.25, -0.2) is 9.97 Å². The molecular weight excluding hydrogens is 369 g/mol. The van der Waals surface area contributed by atoms with E-state index in [-0.39, 0.29) is 5.91 Å². The van der Waals surface area contributed by atoms with Crippen molar-refractivity contribution in [2.45, 2.75) is 31.1 Å². The number of anilines is 1. The van der Waals surface area contributed by atoms with Gasteiger partial charge in [-0.3, -0.25) is 4.79 Å². The number of rotatable bonds is 2. The molecule has 0 aliphatic heterocycles. The maximum atomic E-state index is 12.6.